The lowest BCUT2D eigenvalue weighted by Crippen LogP contribution is -2.26. The summed E-state index contributed by atoms with van der Waals surface area (Å²) in [7, 11) is 0. The van der Waals surface area contributed by atoms with Crippen LogP contribution in [0.15, 0.2) is 30.3 Å². The number of amides is 1. The van der Waals surface area contributed by atoms with Crippen molar-refractivity contribution in [3.8, 4) is 0 Å². The van der Waals surface area contributed by atoms with Crippen LogP contribution >= 0.6 is 0 Å². The lowest BCUT2D eigenvalue weighted by atomic mass is 10.2. The lowest BCUT2D eigenvalue weighted by molar-refractivity contribution is -0.130. The van der Waals surface area contributed by atoms with E-state index in [1.54, 1.807) is 30.3 Å². The van der Waals surface area contributed by atoms with Crippen LogP contribution in [0.3, 0.4) is 0 Å². The third-order valence-electron chi connectivity index (χ3n) is 2.02. The molecule has 0 aliphatic carbocycles. The molecule has 1 aromatic carbocycles. The summed E-state index contributed by atoms with van der Waals surface area (Å²) in [6, 6.07) is 8.52. The fraction of sp³-hybridized carbons (Fsp3) is 0.333. The van der Waals surface area contributed by atoms with Crippen LogP contribution in [0.2, 0.25) is 0 Å². The number of hydrogen-bond acceptors (Lipinski definition) is 3. The largest absolute Gasteiger partial charge is 0.362 e. The van der Waals surface area contributed by atoms with E-state index < -0.39 is 5.97 Å². The Kier molecular flexibility index (Phi) is 5.05. The van der Waals surface area contributed by atoms with E-state index in [9.17, 15) is 9.59 Å². The number of hydroxylamine groups is 1. The van der Waals surface area contributed by atoms with Crippen LogP contribution in [0.5, 0.6) is 0 Å². The molecule has 86 valence electrons. The topological polar surface area (TPSA) is 55.4 Å². The number of rotatable bonds is 4. The molecule has 0 aliphatic heterocycles. The van der Waals surface area contributed by atoms with Crippen molar-refractivity contribution >= 4 is 11.9 Å². The molecule has 4 nitrogen and oxygen atoms in total. The molecule has 1 N–H and O–H groups in total. The van der Waals surface area contributed by atoms with Gasteiger partial charge in [0.2, 0.25) is 0 Å². The molecule has 0 bridgehead atoms. The third-order valence-corrected chi connectivity index (χ3v) is 2.02. The van der Waals surface area contributed by atoms with E-state index in [-0.39, 0.29) is 5.91 Å². The van der Waals surface area contributed by atoms with E-state index in [0.717, 1.165) is 12.8 Å². The molecule has 0 saturated carbocycles. The van der Waals surface area contributed by atoms with Crippen LogP contribution in [0, 0.1) is 0 Å². The van der Waals surface area contributed by atoms with Crippen molar-refractivity contribution < 1.29 is 14.4 Å². The molecule has 0 saturated heterocycles. The minimum atomic E-state index is -0.551. The standard InChI is InChI=1S/C12H15NO3/c1-2-3-9-11(14)13-16-12(15)10-7-5-4-6-8-10/h4-8H,2-3,9H2,1H3,(H,13,14). The zero-order chi connectivity index (χ0) is 11.8. The van der Waals surface area contributed by atoms with E-state index >= 15 is 0 Å². The van der Waals surface area contributed by atoms with Crippen molar-refractivity contribution in [3.05, 3.63) is 35.9 Å². The van der Waals surface area contributed by atoms with Crippen LogP contribution in [-0.4, -0.2) is 11.9 Å². The Morgan fingerprint density at radius 1 is 1.25 bits per heavy atom. The summed E-state index contributed by atoms with van der Waals surface area (Å²) in [6.07, 6.45) is 2.09. The Hall–Kier alpha value is -1.84. The van der Waals surface area contributed by atoms with Crippen molar-refractivity contribution in [3.63, 3.8) is 0 Å². The van der Waals surface area contributed by atoms with Gasteiger partial charge in [-0.2, -0.15) is 5.48 Å². The Balaban J connectivity index is 2.33. The average Bonchev–Trinajstić information content (AvgIpc) is 2.34. The lowest BCUT2D eigenvalue weighted by Gasteiger charge is -2.04. The Morgan fingerprint density at radius 2 is 1.94 bits per heavy atom. The van der Waals surface area contributed by atoms with Crippen LogP contribution in [0.1, 0.15) is 36.5 Å². The van der Waals surface area contributed by atoms with Crippen molar-refractivity contribution in [2.24, 2.45) is 0 Å². The van der Waals surface area contributed by atoms with Crippen molar-refractivity contribution in [2.45, 2.75) is 26.2 Å². The second-order valence-corrected chi connectivity index (χ2v) is 3.38. The second-order valence-electron chi connectivity index (χ2n) is 3.38. The van der Waals surface area contributed by atoms with Crippen LogP contribution in [0.25, 0.3) is 0 Å². The smallest absolute Gasteiger partial charge is 0.335 e. The summed E-state index contributed by atoms with van der Waals surface area (Å²) in [5.74, 6) is -0.823. The molecule has 1 rings (SSSR count). The van der Waals surface area contributed by atoms with Gasteiger partial charge in [0, 0.05) is 6.42 Å². The van der Waals surface area contributed by atoms with Gasteiger partial charge in [0.1, 0.15) is 0 Å². The normalized spacial score (nSPS) is 9.56. The maximum atomic E-state index is 11.4. The zero-order valence-corrected chi connectivity index (χ0v) is 9.23. The SMILES string of the molecule is CCCCC(=O)NOC(=O)c1ccccc1. The average molecular weight is 221 g/mol. The highest BCUT2D eigenvalue weighted by Gasteiger charge is 2.08. The molecular weight excluding hydrogens is 206 g/mol. The number of unbranched alkanes of at least 4 members (excludes halogenated alkanes) is 1. The first-order valence-electron chi connectivity index (χ1n) is 5.29. The number of hydrogen-bond donors (Lipinski definition) is 1. The van der Waals surface area contributed by atoms with Crippen molar-refractivity contribution in [1.82, 2.24) is 5.48 Å². The van der Waals surface area contributed by atoms with Gasteiger partial charge in [0.15, 0.2) is 0 Å². The molecule has 0 fully saturated rings. The van der Waals surface area contributed by atoms with Gasteiger partial charge in [-0.1, -0.05) is 31.5 Å². The quantitative estimate of drug-likeness (QED) is 0.792. The molecule has 0 aliphatic rings. The number of nitrogens with one attached hydrogen (secondary N) is 1. The summed E-state index contributed by atoms with van der Waals surface area (Å²) < 4.78 is 0. The summed E-state index contributed by atoms with van der Waals surface area (Å²) in [4.78, 5) is 27.2. The zero-order valence-electron chi connectivity index (χ0n) is 9.23. The Labute approximate surface area is 94.6 Å². The Morgan fingerprint density at radius 3 is 2.56 bits per heavy atom. The molecule has 0 atom stereocenters. The van der Waals surface area contributed by atoms with E-state index in [0.29, 0.717) is 12.0 Å². The highest BCUT2D eigenvalue weighted by molar-refractivity contribution is 5.90. The van der Waals surface area contributed by atoms with E-state index in [2.05, 4.69) is 10.3 Å². The molecule has 16 heavy (non-hydrogen) atoms. The minimum Gasteiger partial charge on any atom is -0.335 e. The maximum absolute atomic E-state index is 11.4. The van der Waals surface area contributed by atoms with Crippen molar-refractivity contribution in [2.75, 3.05) is 0 Å². The fourth-order valence-electron chi connectivity index (χ4n) is 1.12. The van der Waals surface area contributed by atoms with E-state index in [1.807, 2.05) is 6.92 Å². The van der Waals surface area contributed by atoms with Gasteiger partial charge < -0.3 is 4.84 Å². The number of carbonyl (C=O) groups is 2. The van der Waals surface area contributed by atoms with Gasteiger partial charge in [-0.3, -0.25) is 4.79 Å². The van der Waals surface area contributed by atoms with Gasteiger partial charge in [-0.05, 0) is 18.6 Å². The van der Waals surface area contributed by atoms with E-state index in [4.69, 9.17) is 0 Å². The maximum Gasteiger partial charge on any atom is 0.362 e. The number of benzene rings is 1. The molecule has 0 radical (unpaired) electrons. The molecule has 0 heterocycles. The second kappa shape index (κ2) is 6.61. The highest BCUT2D eigenvalue weighted by atomic mass is 16.7. The fourth-order valence-corrected chi connectivity index (χ4v) is 1.12. The third kappa shape index (κ3) is 4.13. The molecule has 0 spiro atoms. The summed E-state index contributed by atoms with van der Waals surface area (Å²) in [5, 5.41) is 0. The van der Waals surface area contributed by atoms with Gasteiger partial charge in [0.25, 0.3) is 5.91 Å². The molecule has 4 heteroatoms. The van der Waals surface area contributed by atoms with Gasteiger partial charge >= 0.3 is 5.97 Å². The molecule has 0 unspecified atom stereocenters. The van der Waals surface area contributed by atoms with Gasteiger partial charge in [0.05, 0.1) is 5.56 Å². The first kappa shape index (κ1) is 12.2. The number of carbonyl (C=O) groups excluding carboxylic acids is 2. The summed E-state index contributed by atoms with van der Waals surface area (Å²) in [6.45, 7) is 1.99. The highest BCUT2D eigenvalue weighted by Crippen LogP contribution is 2.00. The molecular formula is C12H15NO3. The predicted octanol–water partition coefficient (Wildman–Crippen LogP) is 2.06. The van der Waals surface area contributed by atoms with Crippen LogP contribution < -0.4 is 5.48 Å². The van der Waals surface area contributed by atoms with Gasteiger partial charge in [-0.15, -0.1) is 0 Å². The monoisotopic (exact) mass is 221 g/mol. The minimum absolute atomic E-state index is 0.272. The summed E-state index contributed by atoms with van der Waals surface area (Å²) >= 11 is 0. The first-order valence-corrected chi connectivity index (χ1v) is 5.29. The first-order chi connectivity index (χ1) is 7.74. The predicted molar refractivity (Wildman–Crippen MR) is 59.5 cm³/mol. The Bertz CT molecular complexity index is 349. The molecule has 1 aromatic rings. The van der Waals surface area contributed by atoms with Crippen LogP contribution in [-0.2, 0) is 9.63 Å². The van der Waals surface area contributed by atoms with Crippen LogP contribution in [0.4, 0.5) is 0 Å². The molecule has 1 amide bonds. The summed E-state index contributed by atoms with van der Waals surface area (Å²) in [5.41, 5.74) is 2.54. The molecule has 0 aromatic heterocycles. The van der Waals surface area contributed by atoms with E-state index in [1.165, 1.54) is 0 Å². The van der Waals surface area contributed by atoms with Crippen molar-refractivity contribution in [1.29, 1.82) is 0 Å². The van der Waals surface area contributed by atoms with Gasteiger partial charge in [-0.25, -0.2) is 4.79 Å².